The van der Waals surface area contributed by atoms with Gasteiger partial charge in [-0.25, -0.2) is 4.79 Å². The maximum atomic E-state index is 13.2. The number of nitrogens with two attached hydrogens (primary N) is 1. The molecule has 1 unspecified atom stereocenters. The van der Waals surface area contributed by atoms with Crippen molar-refractivity contribution in [3.63, 3.8) is 0 Å². The number of hydrogen-bond donors (Lipinski definition) is 5. The molecule has 0 spiro atoms. The third kappa shape index (κ3) is 5.52. The topological polar surface area (TPSA) is 158 Å². The first-order valence-corrected chi connectivity index (χ1v) is 14.1. The van der Waals surface area contributed by atoms with Crippen LogP contribution in [0, 0.1) is 11.8 Å². The third-order valence-corrected chi connectivity index (χ3v) is 9.32. The molecule has 3 fully saturated rings. The summed E-state index contributed by atoms with van der Waals surface area (Å²) in [6.07, 6.45) is 3.03. The quantitative estimate of drug-likeness (QED) is 0.323. The molecule has 3 atom stereocenters. The average molecular weight is 544 g/mol. The molecule has 5 rings (SSSR count). The number of amides is 1. The van der Waals surface area contributed by atoms with E-state index in [0.717, 1.165) is 25.9 Å². The van der Waals surface area contributed by atoms with Crippen LogP contribution in [0.4, 0.5) is 0 Å². The molecule has 1 aliphatic carbocycles. The standard InChI is InChI=1S/C29H41N3O7/c1-18-15-32(12-5-21(18)33)13-11-28(37)7-9-29(10-8-28,27(30)36)24-23-20(31-25(24)26(34)35)3-2-4-22(23)39-17-19-6-14-38-16-19/h2-4,18-19,21,31,33,37H,5-17H2,1H3,(H2,30,36)(H,34,35)/t18-,19?,21-,28?,29?/m0/s1. The normalized spacial score (nSPS) is 31.9. The number of aliphatic hydroxyl groups is 2. The molecular weight excluding hydrogens is 502 g/mol. The second-order valence-electron chi connectivity index (χ2n) is 12.0. The summed E-state index contributed by atoms with van der Waals surface area (Å²) in [5.41, 5.74) is 4.71. The first-order valence-electron chi connectivity index (χ1n) is 14.1. The SMILES string of the molecule is C[C@H]1CN(CCC2(O)CCC(C(N)=O)(c3c(C(=O)O)[nH]c4cccc(OCC5CCOC5)c34)CC2)CC[C@@H]1O. The van der Waals surface area contributed by atoms with Crippen LogP contribution >= 0.6 is 0 Å². The lowest BCUT2D eigenvalue weighted by atomic mass is 9.63. The molecule has 2 saturated heterocycles. The monoisotopic (exact) mass is 543 g/mol. The van der Waals surface area contributed by atoms with E-state index in [2.05, 4.69) is 9.88 Å². The number of aromatic amines is 1. The summed E-state index contributed by atoms with van der Waals surface area (Å²) in [6, 6.07) is 5.37. The van der Waals surface area contributed by atoms with Gasteiger partial charge < -0.3 is 40.4 Å². The molecule has 10 heteroatoms. The largest absolute Gasteiger partial charge is 0.492 e. The van der Waals surface area contributed by atoms with Crippen molar-refractivity contribution < 1.29 is 34.4 Å². The number of primary amides is 1. The molecule has 3 aliphatic rings. The zero-order valence-corrected chi connectivity index (χ0v) is 22.7. The van der Waals surface area contributed by atoms with E-state index in [-0.39, 0.29) is 36.5 Å². The van der Waals surface area contributed by atoms with Crippen LogP contribution in [0.3, 0.4) is 0 Å². The van der Waals surface area contributed by atoms with Gasteiger partial charge in [-0.2, -0.15) is 0 Å². The Bertz CT molecular complexity index is 1200. The molecule has 3 heterocycles. The smallest absolute Gasteiger partial charge is 0.352 e. The van der Waals surface area contributed by atoms with Crippen molar-refractivity contribution in [2.75, 3.05) is 39.5 Å². The van der Waals surface area contributed by atoms with E-state index in [1.165, 1.54) is 0 Å². The molecule has 1 aromatic heterocycles. The zero-order chi connectivity index (χ0) is 27.8. The van der Waals surface area contributed by atoms with Crippen molar-refractivity contribution in [3.05, 3.63) is 29.5 Å². The number of hydrogen-bond acceptors (Lipinski definition) is 7. The zero-order valence-electron chi connectivity index (χ0n) is 22.7. The van der Waals surface area contributed by atoms with Gasteiger partial charge in [0.2, 0.25) is 5.91 Å². The van der Waals surface area contributed by atoms with E-state index in [1.54, 1.807) is 18.2 Å². The predicted molar refractivity (Wildman–Crippen MR) is 145 cm³/mol. The maximum Gasteiger partial charge on any atom is 0.352 e. The summed E-state index contributed by atoms with van der Waals surface area (Å²) >= 11 is 0. The molecule has 2 aromatic rings. The van der Waals surface area contributed by atoms with E-state index < -0.39 is 22.9 Å². The van der Waals surface area contributed by atoms with E-state index in [9.17, 15) is 24.9 Å². The third-order valence-electron chi connectivity index (χ3n) is 9.32. The lowest BCUT2D eigenvalue weighted by Crippen LogP contribution is -2.50. The van der Waals surface area contributed by atoms with Gasteiger partial charge in [0.05, 0.1) is 35.9 Å². The Kier molecular flexibility index (Phi) is 7.92. The Hall–Kier alpha value is -2.66. The first-order chi connectivity index (χ1) is 18.6. The van der Waals surface area contributed by atoms with Crippen molar-refractivity contribution in [3.8, 4) is 5.75 Å². The number of aliphatic hydroxyl groups excluding tert-OH is 1. The number of carbonyl (C=O) groups excluding carboxylic acids is 1. The van der Waals surface area contributed by atoms with Gasteiger partial charge in [0.1, 0.15) is 11.4 Å². The van der Waals surface area contributed by atoms with Gasteiger partial charge in [-0.1, -0.05) is 13.0 Å². The Morgan fingerprint density at radius 1 is 1.23 bits per heavy atom. The van der Waals surface area contributed by atoms with E-state index in [0.29, 0.717) is 67.8 Å². The Morgan fingerprint density at radius 2 is 2.00 bits per heavy atom. The highest BCUT2D eigenvalue weighted by molar-refractivity contribution is 6.05. The number of aromatic nitrogens is 1. The minimum Gasteiger partial charge on any atom is -0.492 e. The highest BCUT2D eigenvalue weighted by atomic mass is 16.5. The Balaban J connectivity index is 1.41. The molecular formula is C29H41N3O7. The number of benzene rings is 1. The van der Waals surface area contributed by atoms with Crippen LogP contribution in [0.5, 0.6) is 5.75 Å². The summed E-state index contributed by atoms with van der Waals surface area (Å²) < 4.78 is 11.7. The van der Waals surface area contributed by atoms with Crippen molar-refractivity contribution in [1.29, 1.82) is 0 Å². The fraction of sp³-hybridized carbons (Fsp3) is 0.655. The number of H-pyrrole nitrogens is 1. The molecule has 214 valence electrons. The fourth-order valence-corrected chi connectivity index (χ4v) is 6.70. The van der Waals surface area contributed by atoms with Crippen LogP contribution in [-0.4, -0.2) is 88.2 Å². The number of ether oxygens (including phenoxy) is 2. The number of carboxylic acid groups (broad SMARTS) is 1. The Morgan fingerprint density at radius 3 is 2.64 bits per heavy atom. The summed E-state index contributed by atoms with van der Waals surface area (Å²) in [5.74, 6) is -0.801. The van der Waals surface area contributed by atoms with E-state index in [1.807, 2.05) is 6.92 Å². The summed E-state index contributed by atoms with van der Waals surface area (Å²) in [7, 11) is 0. The number of piperidine rings is 1. The number of nitrogens with one attached hydrogen (secondary N) is 1. The van der Waals surface area contributed by atoms with E-state index in [4.69, 9.17) is 15.2 Å². The number of nitrogens with zero attached hydrogens (tertiary/aromatic N) is 1. The summed E-state index contributed by atoms with van der Waals surface area (Å²) in [4.78, 5) is 30.9. The molecule has 39 heavy (non-hydrogen) atoms. The van der Waals surface area contributed by atoms with Crippen molar-refractivity contribution in [1.82, 2.24) is 9.88 Å². The number of carbonyl (C=O) groups is 2. The predicted octanol–water partition coefficient (Wildman–Crippen LogP) is 2.40. The number of rotatable bonds is 9. The van der Waals surface area contributed by atoms with Gasteiger partial charge in [0.25, 0.3) is 0 Å². The van der Waals surface area contributed by atoms with Crippen molar-refractivity contribution >= 4 is 22.8 Å². The second kappa shape index (κ2) is 11.1. The molecule has 0 bridgehead atoms. The van der Waals surface area contributed by atoms with Crippen LogP contribution in [-0.2, 0) is 14.9 Å². The highest BCUT2D eigenvalue weighted by Crippen LogP contribution is 2.49. The Labute approximate surface area is 228 Å². The number of likely N-dealkylation sites (tertiary alicyclic amines) is 1. The molecule has 0 radical (unpaired) electrons. The van der Waals surface area contributed by atoms with Crippen LogP contribution in [0.15, 0.2) is 18.2 Å². The number of aromatic carboxylic acids is 1. The van der Waals surface area contributed by atoms with Crippen LogP contribution in [0.1, 0.15) is 67.9 Å². The molecule has 6 N–H and O–H groups in total. The minimum atomic E-state index is -1.25. The van der Waals surface area contributed by atoms with Gasteiger partial charge in [0.15, 0.2) is 0 Å². The molecule has 2 aliphatic heterocycles. The van der Waals surface area contributed by atoms with Gasteiger partial charge >= 0.3 is 5.97 Å². The number of carboxylic acids is 1. The summed E-state index contributed by atoms with van der Waals surface area (Å²) in [6.45, 7) is 6.07. The van der Waals surface area contributed by atoms with Crippen LogP contribution in [0.2, 0.25) is 0 Å². The average Bonchev–Trinajstić information content (AvgIpc) is 3.57. The van der Waals surface area contributed by atoms with Gasteiger partial charge in [-0.05, 0) is 63.0 Å². The van der Waals surface area contributed by atoms with E-state index >= 15 is 0 Å². The lowest BCUT2D eigenvalue weighted by molar-refractivity contribution is -0.127. The molecule has 1 aromatic carbocycles. The summed E-state index contributed by atoms with van der Waals surface area (Å²) in [5, 5.41) is 32.2. The molecule has 1 saturated carbocycles. The second-order valence-corrected chi connectivity index (χ2v) is 12.0. The lowest BCUT2D eigenvalue weighted by Gasteiger charge is -2.44. The minimum absolute atomic E-state index is 0.0599. The maximum absolute atomic E-state index is 13.2. The van der Waals surface area contributed by atoms with Crippen molar-refractivity contribution in [2.24, 2.45) is 17.6 Å². The van der Waals surface area contributed by atoms with Gasteiger partial charge in [0, 0.05) is 43.1 Å². The fourth-order valence-electron chi connectivity index (χ4n) is 6.70. The van der Waals surface area contributed by atoms with Crippen molar-refractivity contribution in [2.45, 2.75) is 69.0 Å². The van der Waals surface area contributed by atoms with Gasteiger partial charge in [-0.3, -0.25) is 4.79 Å². The molecule has 10 nitrogen and oxygen atoms in total. The number of fused-ring (bicyclic) bond motifs is 1. The molecule has 1 amide bonds. The first kappa shape index (κ1) is 27.9. The van der Waals surface area contributed by atoms with Crippen LogP contribution in [0.25, 0.3) is 10.9 Å². The van der Waals surface area contributed by atoms with Gasteiger partial charge in [-0.15, -0.1) is 0 Å². The highest BCUT2D eigenvalue weighted by Gasteiger charge is 2.50. The van der Waals surface area contributed by atoms with Crippen LogP contribution < -0.4 is 10.5 Å².